The van der Waals surface area contributed by atoms with Gasteiger partial charge in [-0.3, -0.25) is 9.59 Å². The fourth-order valence-corrected chi connectivity index (χ4v) is 2.37. The second-order valence-electron chi connectivity index (χ2n) is 4.92. The van der Waals surface area contributed by atoms with Crippen molar-refractivity contribution < 1.29 is 19.1 Å². The number of hydrogen-bond donors (Lipinski definition) is 2. The van der Waals surface area contributed by atoms with Crippen LogP contribution in [0.3, 0.4) is 0 Å². The molecule has 1 atom stereocenters. The van der Waals surface area contributed by atoms with Crippen LogP contribution in [0.2, 0.25) is 0 Å². The van der Waals surface area contributed by atoms with Gasteiger partial charge >= 0.3 is 0 Å². The number of carbonyl (C=O) groups is 2. The number of rotatable bonds is 2. The molecule has 0 saturated heterocycles. The highest BCUT2D eigenvalue weighted by atomic mass is 79.9. The van der Waals surface area contributed by atoms with Crippen LogP contribution in [0.25, 0.3) is 0 Å². The molecule has 1 aliphatic carbocycles. The Morgan fingerprint density at radius 2 is 2.05 bits per heavy atom. The molecule has 2 N–H and O–H groups in total. The summed E-state index contributed by atoms with van der Waals surface area (Å²) < 4.78 is 13.5. The summed E-state index contributed by atoms with van der Waals surface area (Å²) in [6.45, 7) is 2.78. The molecule has 2 rings (SSSR count). The molecule has 0 unspecified atom stereocenters. The third kappa shape index (κ3) is 2.96. The second kappa shape index (κ2) is 5.54. The summed E-state index contributed by atoms with van der Waals surface area (Å²) in [6, 6.07) is 4.06. The zero-order chi connectivity index (χ0) is 15.8. The number of aliphatic hydroxyl groups is 1. The Kier molecular flexibility index (Phi) is 4.11. The zero-order valence-corrected chi connectivity index (χ0v) is 13.0. The predicted octanol–water partition coefficient (Wildman–Crippen LogP) is 2.73. The van der Waals surface area contributed by atoms with Crippen LogP contribution in [0.4, 0.5) is 10.1 Å². The Labute approximate surface area is 129 Å². The molecule has 1 aliphatic rings. The normalized spacial score (nSPS) is 24.2. The van der Waals surface area contributed by atoms with Crippen molar-refractivity contribution in [1.82, 2.24) is 0 Å². The second-order valence-corrected chi connectivity index (χ2v) is 5.77. The number of Topliss-reactive ketones (excluding diaryl/α,β-unsaturated/α-hetero) is 1. The Hall–Kier alpha value is -1.79. The largest absolute Gasteiger partial charge is 0.374 e. The fourth-order valence-electron chi connectivity index (χ4n) is 1.90. The highest BCUT2D eigenvalue weighted by Crippen LogP contribution is 2.27. The summed E-state index contributed by atoms with van der Waals surface area (Å²) in [5, 5.41) is 12.8. The smallest absolute Gasteiger partial charge is 0.203 e. The van der Waals surface area contributed by atoms with Crippen molar-refractivity contribution in [1.29, 1.82) is 0 Å². The molecular formula is C15H13BrFNO3. The Bertz CT molecular complexity index is 692. The minimum atomic E-state index is -2.05. The molecule has 4 nitrogen and oxygen atoms in total. The van der Waals surface area contributed by atoms with Crippen molar-refractivity contribution in [3.05, 3.63) is 51.9 Å². The van der Waals surface area contributed by atoms with Gasteiger partial charge in [-0.2, -0.15) is 0 Å². The van der Waals surface area contributed by atoms with Gasteiger partial charge in [0.1, 0.15) is 5.82 Å². The maximum absolute atomic E-state index is 13.0. The Balaban J connectivity index is 2.34. The van der Waals surface area contributed by atoms with Crippen molar-refractivity contribution >= 4 is 33.2 Å². The van der Waals surface area contributed by atoms with Crippen molar-refractivity contribution in [3.8, 4) is 0 Å². The first-order chi connectivity index (χ1) is 9.73. The van der Waals surface area contributed by atoms with Gasteiger partial charge in [-0.1, -0.05) is 0 Å². The summed E-state index contributed by atoms with van der Waals surface area (Å²) in [4.78, 5) is 23.7. The molecule has 0 spiro atoms. The summed E-state index contributed by atoms with van der Waals surface area (Å²) in [6.07, 6.45) is 2.63. The van der Waals surface area contributed by atoms with Gasteiger partial charge in [0.2, 0.25) is 5.78 Å². The average Bonchev–Trinajstić information content (AvgIpc) is 2.39. The van der Waals surface area contributed by atoms with Crippen molar-refractivity contribution in [2.24, 2.45) is 0 Å². The molecule has 110 valence electrons. The number of halogens is 2. The van der Waals surface area contributed by atoms with E-state index in [1.54, 1.807) is 6.92 Å². The van der Waals surface area contributed by atoms with Crippen LogP contribution in [0.15, 0.2) is 46.1 Å². The minimum Gasteiger partial charge on any atom is -0.374 e. The van der Waals surface area contributed by atoms with Crippen LogP contribution in [-0.4, -0.2) is 22.3 Å². The topological polar surface area (TPSA) is 66.4 Å². The van der Waals surface area contributed by atoms with Crippen LogP contribution in [0.1, 0.15) is 13.8 Å². The molecule has 0 aromatic heterocycles. The van der Waals surface area contributed by atoms with E-state index in [-0.39, 0.29) is 5.57 Å². The van der Waals surface area contributed by atoms with Crippen molar-refractivity contribution in [3.63, 3.8) is 0 Å². The predicted molar refractivity (Wildman–Crippen MR) is 80.2 cm³/mol. The average molecular weight is 354 g/mol. The van der Waals surface area contributed by atoms with Gasteiger partial charge in [-0.15, -0.1) is 0 Å². The number of carbonyl (C=O) groups excluding carboxylic acids is 2. The van der Waals surface area contributed by atoms with Crippen LogP contribution in [0, 0.1) is 5.82 Å². The highest BCUT2D eigenvalue weighted by Gasteiger charge is 2.42. The number of ketones is 2. The van der Waals surface area contributed by atoms with E-state index in [1.807, 2.05) is 0 Å². The molecule has 0 amide bonds. The SMILES string of the molecule is CC1=CC(=O)[C@@](C)(O)C(=O)/C1=C\Nc1ccc(F)cc1Br. The van der Waals surface area contributed by atoms with E-state index >= 15 is 0 Å². The van der Waals surface area contributed by atoms with Crippen molar-refractivity contribution in [2.75, 3.05) is 5.32 Å². The van der Waals surface area contributed by atoms with E-state index in [4.69, 9.17) is 0 Å². The van der Waals surface area contributed by atoms with E-state index in [0.29, 0.717) is 15.7 Å². The van der Waals surface area contributed by atoms with E-state index in [1.165, 1.54) is 37.4 Å². The molecular weight excluding hydrogens is 341 g/mol. The monoisotopic (exact) mass is 353 g/mol. The van der Waals surface area contributed by atoms with Crippen LogP contribution < -0.4 is 5.32 Å². The van der Waals surface area contributed by atoms with E-state index in [0.717, 1.165) is 0 Å². The molecule has 0 heterocycles. The molecule has 1 aromatic carbocycles. The van der Waals surface area contributed by atoms with Gasteiger partial charge in [-0.05, 0) is 59.6 Å². The Morgan fingerprint density at radius 1 is 1.38 bits per heavy atom. The van der Waals surface area contributed by atoms with Gasteiger partial charge in [0.05, 0.1) is 5.69 Å². The third-order valence-electron chi connectivity index (χ3n) is 3.24. The minimum absolute atomic E-state index is 0.204. The molecule has 0 saturated carbocycles. The lowest BCUT2D eigenvalue weighted by Crippen LogP contribution is -2.46. The van der Waals surface area contributed by atoms with Crippen LogP contribution in [0.5, 0.6) is 0 Å². The lowest BCUT2D eigenvalue weighted by atomic mass is 9.82. The summed E-state index contributed by atoms with van der Waals surface area (Å²) in [5.74, 6) is -1.69. The molecule has 0 aliphatic heterocycles. The first-order valence-corrected chi connectivity index (χ1v) is 6.95. The van der Waals surface area contributed by atoms with Gasteiger partial charge < -0.3 is 10.4 Å². The van der Waals surface area contributed by atoms with Crippen LogP contribution in [-0.2, 0) is 9.59 Å². The summed E-state index contributed by atoms with van der Waals surface area (Å²) >= 11 is 3.20. The molecule has 0 bridgehead atoms. The van der Waals surface area contributed by atoms with Gasteiger partial charge in [0.15, 0.2) is 11.4 Å². The van der Waals surface area contributed by atoms with Gasteiger partial charge in [0.25, 0.3) is 0 Å². The number of allylic oxidation sites excluding steroid dienone is 1. The lowest BCUT2D eigenvalue weighted by molar-refractivity contribution is -0.144. The van der Waals surface area contributed by atoms with Gasteiger partial charge in [0, 0.05) is 16.2 Å². The first-order valence-electron chi connectivity index (χ1n) is 6.15. The zero-order valence-electron chi connectivity index (χ0n) is 11.4. The van der Waals surface area contributed by atoms with E-state index < -0.39 is 23.0 Å². The molecule has 6 heteroatoms. The number of hydrogen-bond acceptors (Lipinski definition) is 4. The first kappa shape index (κ1) is 15.6. The van der Waals surface area contributed by atoms with Crippen LogP contribution >= 0.6 is 15.9 Å². The fraction of sp³-hybridized carbons (Fsp3) is 0.200. The molecule has 21 heavy (non-hydrogen) atoms. The maximum atomic E-state index is 13.0. The number of anilines is 1. The molecule has 0 radical (unpaired) electrons. The van der Waals surface area contributed by atoms with E-state index in [9.17, 15) is 19.1 Å². The Morgan fingerprint density at radius 3 is 2.67 bits per heavy atom. The third-order valence-corrected chi connectivity index (χ3v) is 3.90. The molecule has 0 fully saturated rings. The summed E-state index contributed by atoms with van der Waals surface area (Å²) in [5.41, 5.74) is -0.827. The number of benzene rings is 1. The standard InChI is InChI=1S/C15H13BrFNO3/c1-8-5-13(19)15(2,21)14(20)10(8)7-18-12-4-3-9(17)6-11(12)16/h3-7,18,21H,1-2H3/b10-7-/t15-/m1/s1. The summed E-state index contributed by atoms with van der Waals surface area (Å²) in [7, 11) is 0. The van der Waals surface area contributed by atoms with Crippen molar-refractivity contribution in [2.45, 2.75) is 19.4 Å². The maximum Gasteiger partial charge on any atom is 0.203 e. The van der Waals surface area contributed by atoms with E-state index in [2.05, 4.69) is 21.2 Å². The number of nitrogens with one attached hydrogen (secondary N) is 1. The highest BCUT2D eigenvalue weighted by molar-refractivity contribution is 9.10. The lowest BCUT2D eigenvalue weighted by Gasteiger charge is -2.25. The molecule has 1 aromatic rings. The van der Waals surface area contributed by atoms with Gasteiger partial charge in [-0.25, -0.2) is 4.39 Å². The quantitative estimate of drug-likeness (QED) is 0.633.